The summed E-state index contributed by atoms with van der Waals surface area (Å²) in [6.45, 7) is -0.0824. The summed E-state index contributed by atoms with van der Waals surface area (Å²) in [5.74, 6) is -0.831. The van der Waals surface area contributed by atoms with E-state index in [0.717, 1.165) is 5.65 Å². The highest BCUT2D eigenvalue weighted by molar-refractivity contribution is 7.71. The molecule has 0 atom stereocenters. The molecule has 0 saturated heterocycles. The molecular formula is C19H12F2N6S. The Morgan fingerprint density at radius 3 is 2.64 bits per heavy atom. The van der Waals surface area contributed by atoms with Crippen LogP contribution in [0.1, 0.15) is 5.56 Å². The molecule has 138 valence electrons. The number of hydrogen-bond donors (Lipinski definition) is 1. The second-order valence-corrected chi connectivity index (χ2v) is 6.61. The molecule has 1 N–H and O–H groups in total. The molecule has 4 heterocycles. The Balaban J connectivity index is 1.68. The Morgan fingerprint density at radius 2 is 1.82 bits per heavy atom. The first-order chi connectivity index (χ1) is 13.6. The van der Waals surface area contributed by atoms with Gasteiger partial charge in [0, 0.05) is 11.8 Å². The highest BCUT2D eigenvalue weighted by Gasteiger charge is 2.15. The number of hydrogen-bond acceptors (Lipinski definition) is 4. The van der Waals surface area contributed by atoms with Crippen molar-refractivity contribution in [3.8, 4) is 11.5 Å². The second-order valence-electron chi connectivity index (χ2n) is 6.22. The zero-order chi connectivity index (χ0) is 19.3. The van der Waals surface area contributed by atoms with Gasteiger partial charge < -0.3 is 4.98 Å². The number of pyridine rings is 1. The first-order valence-corrected chi connectivity index (χ1v) is 8.83. The monoisotopic (exact) mass is 394 g/mol. The number of H-pyrrole nitrogens is 1. The number of nitrogens with one attached hydrogen (secondary N) is 1. The predicted octanol–water partition coefficient (Wildman–Crippen LogP) is 4.13. The molecule has 0 unspecified atom stereocenters. The van der Waals surface area contributed by atoms with Crippen LogP contribution >= 0.6 is 12.2 Å². The molecule has 1 aromatic carbocycles. The fourth-order valence-corrected chi connectivity index (χ4v) is 3.42. The topological polar surface area (TPSA) is 63.8 Å². The highest BCUT2D eigenvalue weighted by atomic mass is 32.1. The average molecular weight is 394 g/mol. The van der Waals surface area contributed by atoms with Crippen molar-refractivity contribution in [2.24, 2.45) is 0 Å². The standard InChI is InChI=1S/C19H12F2N6S/c20-12-4-3-5-13(21)11(12)10-27-18-14(24-19(27)28)8-23-17(25-18)15-9-22-16-6-1-2-7-26(15)16/h1-9H,10H2,(H,24,28). The summed E-state index contributed by atoms with van der Waals surface area (Å²) in [5, 5.41) is 0. The van der Waals surface area contributed by atoms with Crippen LogP contribution in [0.2, 0.25) is 0 Å². The lowest BCUT2D eigenvalue weighted by Crippen LogP contribution is -2.06. The van der Waals surface area contributed by atoms with Crippen molar-refractivity contribution < 1.29 is 8.78 Å². The Bertz CT molecular complexity index is 1380. The summed E-state index contributed by atoms with van der Waals surface area (Å²) in [7, 11) is 0. The summed E-state index contributed by atoms with van der Waals surface area (Å²) in [6.07, 6.45) is 5.15. The minimum Gasteiger partial charge on any atom is -0.328 e. The van der Waals surface area contributed by atoms with Gasteiger partial charge in [-0.15, -0.1) is 0 Å². The Morgan fingerprint density at radius 1 is 1.00 bits per heavy atom. The summed E-state index contributed by atoms with van der Waals surface area (Å²) in [6, 6.07) is 9.41. The van der Waals surface area contributed by atoms with E-state index in [1.54, 1.807) is 17.0 Å². The molecule has 5 rings (SSSR count). The SMILES string of the molecule is Fc1cccc(F)c1Cn1c(=S)[nH]c2cnc(-c3cnc4ccccn34)nc21. The van der Waals surface area contributed by atoms with E-state index in [4.69, 9.17) is 12.2 Å². The van der Waals surface area contributed by atoms with Crippen LogP contribution in [-0.2, 0) is 6.54 Å². The average Bonchev–Trinajstić information content (AvgIpc) is 3.25. The number of aromatic amines is 1. The van der Waals surface area contributed by atoms with E-state index in [1.165, 1.54) is 18.2 Å². The summed E-state index contributed by atoms with van der Waals surface area (Å²) < 4.78 is 31.9. The van der Waals surface area contributed by atoms with Gasteiger partial charge in [-0.25, -0.2) is 23.7 Å². The number of fused-ring (bicyclic) bond motifs is 2. The Labute approximate surface area is 162 Å². The third-order valence-corrected chi connectivity index (χ3v) is 4.86. The van der Waals surface area contributed by atoms with Crippen molar-refractivity contribution in [1.29, 1.82) is 0 Å². The number of aromatic nitrogens is 6. The quantitative estimate of drug-likeness (QED) is 0.468. The van der Waals surface area contributed by atoms with Gasteiger partial charge in [0.25, 0.3) is 0 Å². The van der Waals surface area contributed by atoms with E-state index in [2.05, 4.69) is 19.9 Å². The second kappa shape index (κ2) is 6.31. The largest absolute Gasteiger partial charge is 0.328 e. The molecule has 0 bridgehead atoms. The van der Waals surface area contributed by atoms with Gasteiger partial charge in [0.05, 0.1) is 18.9 Å². The normalized spacial score (nSPS) is 11.5. The van der Waals surface area contributed by atoms with Crippen LogP contribution in [0.15, 0.2) is 55.0 Å². The molecule has 0 saturated carbocycles. The third kappa shape index (κ3) is 2.59. The molecule has 4 aromatic heterocycles. The number of nitrogens with zero attached hydrogens (tertiary/aromatic N) is 5. The van der Waals surface area contributed by atoms with E-state index in [1.807, 2.05) is 28.8 Å². The molecule has 0 amide bonds. The molecule has 5 aromatic rings. The van der Waals surface area contributed by atoms with Crippen LogP contribution in [0.5, 0.6) is 0 Å². The predicted molar refractivity (Wildman–Crippen MR) is 102 cm³/mol. The zero-order valence-corrected chi connectivity index (χ0v) is 15.1. The van der Waals surface area contributed by atoms with Crippen LogP contribution in [0.3, 0.4) is 0 Å². The lowest BCUT2D eigenvalue weighted by molar-refractivity contribution is 0.545. The maximum Gasteiger partial charge on any atom is 0.180 e. The van der Waals surface area contributed by atoms with Gasteiger partial charge in [-0.05, 0) is 36.5 Å². The number of rotatable bonds is 3. The van der Waals surface area contributed by atoms with Crippen LogP contribution in [0, 0.1) is 16.4 Å². The smallest absolute Gasteiger partial charge is 0.180 e. The van der Waals surface area contributed by atoms with Crippen LogP contribution < -0.4 is 0 Å². The van der Waals surface area contributed by atoms with Crippen LogP contribution in [-0.4, -0.2) is 28.9 Å². The maximum absolute atomic E-state index is 14.1. The molecule has 0 spiro atoms. The number of halogens is 2. The van der Waals surface area contributed by atoms with Gasteiger partial charge in [-0.3, -0.25) is 8.97 Å². The third-order valence-electron chi connectivity index (χ3n) is 4.54. The van der Waals surface area contributed by atoms with Crippen molar-refractivity contribution in [3.05, 3.63) is 77.0 Å². The molecule has 0 aliphatic carbocycles. The minimum atomic E-state index is -0.632. The molecule has 28 heavy (non-hydrogen) atoms. The van der Waals surface area contributed by atoms with E-state index in [-0.39, 0.29) is 12.1 Å². The van der Waals surface area contributed by atoms with Gasteiger partial charge >= 0.3 is 0 Å². The van der Waals surface area contributed by atoms with Gasteiger partial charge in [0.2, 0.25) is 0 Å². The van der Waals surface area contributed by atoms with E-state index < -0.39 is 11.6 Å². The molecule has 0 aliphatic rings. The Kier molecular flexibility index (Phi) is 3.76. The van der Waals surface area contributed by atoms with Crippen LogP contribution in [0.25, 0.3) is 28.3 Å². The fraction of sp³-hybridized carbons (Fsp3) is 0.0526. The summed E-state index contributed by atoms with van der Waals surface area (Å²) in [5.41, 5.74) is 2.44. The van der Waals surface area contributed by atoms with E-state index >= 15 is 0 Å². The van der Waals surface area contributed by atoms with Crippen LogP contribution in [0.4, 0.5) is 8.78 Å². The molecule has 0 aliphatic heterocycles. The van der Waals surface area contributed by atoms with Gasteiger partial charge in [-0.2, -0.15) is 0 Å². The van der Waals surface area contributed by atoms with Crippen molar-refractivity contribution in [3.63, 3.8) is 0 Å². The van der Waals surface area contributed by atoms with E-state index in [9.17, 15) is 8.78 Å². The maximum atomic E-state index is 14.1. The van der Waals surface area contributed by atoms with Crippen molar-refractivity contribution in [2.45, 2.75) is 6.54 Å². The molecule has 6 nitrogen and oxygen atoms in total. The lowest BCUT2D eigenvalue weighted by atomic mass is 10.2. The van der Waals surface area contributed by atoms with E-state index in [0.29, 0.717) is 27.5 Å². The van der Waals surface area contributed by atoms with Gasteiger partial charge in [-0.1, -0.05) is 12.1 Å². The first-order valence-electron chi connectivity index (χ1n) is 8.43. The molecule has 9 heteroatoms. The van der Waals surface area contributed by atoms with Gasteiger partial charge in [0.1, 0.15) is 28.5 Å². The molecule has 0 fully saturated rings. The zero-order valence-electron chi connectivity index (χ0n) is 14.3. The summed E-state index contributed by atoms with van der Waals surface area (Å²) >= 11 is 5.34. The highest BCUT2D eigenvalue weighted by Crippen LogP contribution is 2.22. The van der Waals surface area contributed by atoms with Gasteiger partial charge in [0.15, 0.2) is 16.2 Å². The molecule has 0 radical (unpaired) electrons. The fourth-order valence-electron chi connectivity index (χ4n) is 3.16. The van der Waals surface area contributed by atoms with Crippen molar-refractivity contribution in [2.75, 3.05) is 0 Å². The molecular weight excluding hydrogens is 382 g/mol. The first kappa shape index (κ1) is 16.7. The summed E-state index contributed by atoms with van der Waals surface area (Å²) in [4.78, 5) is 16.3. The van der Waals surface area contributed by atoms with Crippen molar-refractivity contribution in [1.82, 2.24) is 28.9 Å². The Hall–Kier alpha value is -3.46. The lowest BCUT2D eigenvalue weighted by Gasteiger charge is -2.07. The number of imidazole rings is 2. The number of benzene rings is 1. The van der Waals surface area contributed by atoms with Crippen molar-refractivity contribution >= 4 is 29.0 Å². The minimum absolute atomic E-state index is 0.0746.